The summed E-state index contributed by atoms with van der Waals surface area (Å²) < 4.78 is 0. The van der Waals surface area contributed by atoms with Gasteiger partial charge in [-0.2, -0.15) is 0 Å². The average molecular weight is 271 g/mol. The number of carbonyl (C=O) groups excluding carboxylic acids is 1. The van der Waals surface area contributed by atoms with Gasteiger partial charge in [0.15, 0.2) is 0 Å². The number of anilines is 2. The molecule has 0 aliphatic heterocycles. The van der Waals surface area contributed by atoms with E-state index in [1.54, 1.807) is 11.0 Å². The molecular weight excluding hydrogens is 252 g/mol. The number of nitrogen functional groups attached to an aromatic ring is 1. The molecule has 1 amide bonds. The van der Waals surface area contributed by atoms with Crippen molar-refractivity contribution in [1.29, 1.82) is 0 Å². The van der Waals surface area contributed by atoms with E-state index >= 15 is 0 Å². The Bertz CT molecular complexity index is 407. The molecule has 0 atom stereocenters. The first-order valence-corrected chi connectivity index (χ1v) is 6.38. The summed E-state index contributed by atoms with van der Waals surface area (Å²) in [5.74, 6) is 0.687. The highest BCUT2D eigenvalue weighted by molar-refractivity contribution is 6.30. The highest BCUT2D eigenvalue weighted by Crippen LogP contribution is 2.19. The van der Waals surface area contributed by atoms with Crippen molar-refractivity contribution in [3.8, 4) is 0 Å². The van der Waals surface area contributed by atoms with Gasteiger partial charge >= 0.3 is 0 Å². The topological polar surface area (TPSA) is 71.2 Å². The molecule has 0 saturated carbocycles. The minimum absolute atomic E-state index is 0.125. The molecule has 100 valence electrons. The number of halogens is 1. The molecule has 1 heterocycles. The van der Waals surface area contributed by atoms with Crippen molar-refractivity contribution < 1.29 is 4.79 Å². The first kappa shape index (κ1) is 14.6. The molecule has 0 saturated heterocycles. The Balaban J connectivity index is 2.44. The number of carbonyl (C=O) groups is 1. The molecule has 6 heteroatoms. The molecule has 0 bridgehead atoms. The second-order valence-corrected chi connectivity index (χ2v) is 4.27. The fourth-order valence-electron chi connectivity index (χ4n) is 1.62. The summed E-state index contributed by atoms with van der Waals surface area (Å²) in [4.78, 5) is 17.6. The highest BCUT2D eigenvalue weighted by atomic mass is 35.5. The van der Waals surface area contributed by atoms with Crippen LogP contribution in [0.5, 0.6) is 0 Å². The molecule has 0 aliphatic rings. The lowest BCUT2D eigenvalue weighted by Crippen LogP contribution is -2.31. The van der Waals surface area contributed by atoms with Crippen molar-refractivity contribution in [2.24, 2.45) is 0 Å². The van der Waals surface area contributed by atoms with E-state index in [0.29, 0.717) is 29.5 Å². The van der Waals surface area contributed by atoms with Gasteiger partial charge in [0.05, 0.1) is 10.7 Å². The number of nitrogens with zero attached hydrogens (tertiary/aromatic N) is 2. The summed E-state index contributed by atoms with van der Waals surface area (Å²) in [5, 5.41) is 3.53. The Morgan fingerprint density at radius 1 is 1.50 bits per heavy atom. The Morgan fingerprint density at radius 2 is 2.17 bits per heavy atom. The fraction of sp³-hybridized carbons (Fsp3) is 0.500. The normalized spacial score (nSPS) is 10.2. The molecule has 0 aromatic carbocycles. The predicted octanol–water partition coefficient (Wildman–Crippen LogP) is 1.99. The quantitative estimate of drug-likeness (QED) is 0.829. The summed E-state index contributed by atoms with van der Waals surface area (Å²) in [5.41, 5.74) is 6.23. The van der Waals surface area contributed by atoms with Gasteiger partial charge in [0, 0.05) is 32.3 Å². The Hall–Kier alpha value is -1.49. The lowest BCUT2D eigenvalue weighted by atomic mass is 10.3. The minimum Gasteiger partial charge on any atom is -0.396 e. The van der Waals surface area contributed by atoms with Crippen molar-refractivity contribution in [2.75, 3.05) is 30.7 Å². The average Bonchev–Trinajstić information content (AvgIpc) is 2.33. The fourth-order valence-corrected chi connectivity index (χ4v) is 1.79. The minimum atomic E-state index is 0.125. The zero-order valence-electron chi connectivity index (χ0n) is 10.7. The monoisotopic (exact) mass is 270 g/mol. The van der Waals surface area contributed by atoms with Crippen molar-refractivity contribution in [3.63, 3.8) is 0 Å². The van der Waals surface area contributed by atoms with E-state index < -0.39 is 0 Å². The number of nitrogens with two attached hydrogens (primary N) is 1. The van der Waals surface area contributed by atoms with Crippen molar-refractivity contribution in [3.05, 3.63) is 17.3 Å². The van der Waals surface area contributed by atoms with Gasteiger partial charge in [-0.3, -0.25) is 4.79 Å². The summed E-state index contributed by atoms with van der Waals surface area (Å²) >= 11 is 5.75. The smallest absolute Gasteiger partial charge is 0.224 e. The number of amides is 1. The molecule has 1 aromatic rings. The third kappa shape index (κ3) is 4.07. The Kier molecular flexibility index (Phi) is 5.71. The van der Waals surface area contributed by atoms with Crippen LogP contribution in [0.2, 0.25) is 5.02 Å². The maximum absolute atomic E-state index is 11.7. The molecule has 0 unspecified atom stereocenters. The van der Waals surface area contributed by atoms with Crippen LogP contribution in [-0.2, 0) is 4.79 Å². The van der Waals surface area contributed by atoms with Crippen molar-refractivity contribution in [1.82, 2.24) is 9.88 Å². The third-order valence-electron chi connectivity index (χ3n) is 2.63. The van der Waals surface area contributed by atoms with Crippen LogP contribution in [0.25, 0.3) is 0 Å². The van der Waals surface area contributed by atoms with E-state index in [1.807, 2.05) is 13.8 Å². The first-order valence-electron chi connectivity index (χ1n) is 6.01. The van der Waals surface area contributed by atoms with Gasteiger partial charge in [0.1, 0.15) is 5.82 Å². The van der Waals surface area contributed by atoms with Gasteiger partial charge in [-0.15, -0.1) is 0 Å². The number of aromatic nitrogens is 1. The maximum Gasteiger partial charge on any atom is 0.224 e. The zero-order valence-corrected chi connectivity index (χ0v) is 11.5. The van der Waals surface area contributed by atoms with Gasteiger partial charge in [-0.05, 0) is 19.9 Å². The molecule has 18 heavy (non-hydrogen) atoms. The molecule has 0 fully saturated rings. The molecule has 1 rings (SSSR count). The van der Waals surface area contributed by atoms with Crippen molar-refractivity contribution in [2.45, 2.75) is 20.3 Å². The number of pyridine rings is 1. The molecule has 3 N–H and O–H groups in total. The van der Waals surface area contributed by atoms with E-state index in [0.717, 1.165) is 13.1 Å². The largest absolute Gasteiger partial charge is 0.396 e. The predicted molar refractivity (Wildman–Crippen MR) is 74.7 cm³/mol. The second-order valence-electron chi connectivity index (χ2n) is 3.83. The SMILES string of the molecule is CCN(CC)C(=O)CCNc1ncc(Cl)cc1N. The van der Waals surface area contributed by atoms with Crippen LogP contribution >= 0.6 is 11.6 Å². The molecule has 5 nitrogen and oxygen atoms in total. The maximum atomic E-state index is 11.7. The number of rotatable bonds is 6. The number of hydrogen-bond acceptors (Lipinski definition) is 4. The van der Waals surface area contributed by atoms with Gasteiger partial charge < -0.3 is 16.0 Å². The highest BCUT2D eigenvalue weighted by Gasteiger charge is 2.09. The summed E-state index contributed by atoms with van der Waals surface area (Å²) in [6.07, 6.45) is 1.94. The van der Waals surface area contributed by atoms with Crippen LogP contribution in [0.15, 0.2) is 12.3 Å². The standard InChI is InChI=1S/C12H19ClN4O/c1-3-17(4-2)11(18)5-6-15-12-10(14)7-9(13)8-16-12/h7-8H,3-6,14H2,1-2H3,(H,15,16). The molecular formula is C12H19ClN4O. The van der Waals surface area contributed by atoms with Gasteiger partial charge in [0.25, 0.3) is 0 Å². The number of hydrogen-bond donors (Lipinski definition) is 2. The van der Waals surface area contributed by atoms with E-state index in [1.165, 1.54) is 6.20 Å². The van der Waals surface area contributed by atoms with E-state index in [9.17, 15) is 4.79 Å². The van der Waals surface area contributed by atoms with Crippen LogP contribution in [0.4, 0.5) is 11.5 Å². The van der Waals surface area contributed by atoms with Crippen LogP contribution in [-0.4, -0.2) is 35.4 Å². The lowest BCUT2D eigenvalue weighted by Gasteiger charge is -2.18. The molecule has 0 aliphatic carbocycles. The van der Waals surface area contributed by atoms with Crippen LogP contribution in [0, 0.1) is 0 Å². The van der Waals surface area contributed by atoms with Gasteiger partial charge in [0.2, 0.25) is 5.91 Å². The molecule has 0 radical (unpaired) electrons. The van der Waals surface area contributed by atoms with Crippen LogP contribution < -0.4 is 11.1 Å². The summed E-state index contributed by atoms with van der Waals surface area (Å²) in [6, 6.07) is 1.63. The molecule has 1 aromatic heterocycles. The van der Waals surface area contributed by atoms with Crippen molar-refractivity contribution >= 4 is 29.0 Å². The van der Waals surface area contributed by atoms with E-state index in [2.05, 4.69) is 10.3 Å². The molecule has 0 spiro atoms. The van der Waals surface area contributed by atoms with Gasteiger partial charge in [-0.25, -0.2) is 4.98 Å². The summed E-state index contributed by atoms with van der Waals surface area (Å²) in [7, 11) is 0. The van der Waals surface area contributed by atoms with Crippen LogP contribution in [0.1, 0.15) is 20.3 Å². The summed E-state index contributed by atoms with van der Waals surface area (Å²) in [6.45, 7) is 5.91. The van der Waals surface area contributed by atoms with E-state index in [4.69, 9.17) is 17.3 Å². The lowest BCUT2D eigenvalue weighted by molar-refractivity contribution is -0.130. The first-order chi connectivity index (χ1) is 8.58. The Labute approximate surface area is 112 Å². The van der Waals surface area contributed by atoms with E-state index in [-0.39, 0.29) is 5.91 Å². The van der Waals surface area contributed by atoms with Gasteiger partial charge in [-0.1, -0.05) is 11.6 Å². The second kappa shape index (κ2) is 7.06. The number of nitrogens with one attached hydrogen (secondary N) is 1. The Morgan fingerprint density at radius 3 is 2.72 bits per heavy atom. The van der Waals surface area contributed by atoms with Crippen LogP contribution in [0.3, 0.4) is 0 Å². The third-order valence-corrected chi connectivity index (χ3v) is 2.84. The zero-order chi connectivity index (χ0) is 13.5.